The Morgan fingerprint density at radius 2 is 2.40 bits per heavy atom. The number of imidazole rings is 1. The van der Waals surface area contributed by atoms with Crippen molar-refractivity contribution in [3.05, 3.63) is 24.5 Å². The van der Waals surface area contributed by atoms with Crippen LogP contribution in [-0.4, -0.2) is 34.3 Å². The first-order valence-corrected chi connectivity index (χ1v) is 4.29. The lowest BCUT2D eigenvalue weighted by Gasteiger charge is -2.03. The number of ether oxygens (including phenoxy) is 2. The van der Waals surface area contributed by atoms with Crippen LogP contribution in [0.15, 0.2) is 24.5 Å². The molecule has 6 nitrogen and oxygen atoms in total. The molecule has 0 aliphatic carbocycles. The van der Waals surface area contributed by atoms with Crippen LogP contribution in [0.4, 0.5) is 0 Å². The van der Waals surface area contributed by atoms with Crippen LogP contribution in [0.1, 0.15) is 0 Å². The first-order valence-electron chi connectivity index (χ1n) is 4.29. The van der Waals surface area contributed by atoms with E-state index in [9.17, 15) is 4.79 Å². The predicted molar refractivity (Wildman–Crippen MR) is 50.5 cm³/mol. The lowest BCUT2D eigenvalue weighted by atomic mass is 10.5. The van der Waals surface area contributed by atoms with E-state index in [4.69, 9.17) is 4.74 Å². The Labute approximate surface area is 85.4 Å². The molecule has 0 amide bonds. The maximum atomic E-state index is 10.8. The largest absolute Gasteiger partial charge is 0.466 e. The van der Waals surface area contributed by atoms with Gasteiger partial charge in [-0.3, -0.25) is 0 Å². The van der Waals surface area contributed by atoms with E-state index >= 15 is 0 Å². The highest BCUT2D eigenvalue weighted by Gasteiger charge is 2.03. The molecule has 0 aromatic carbocycles. The molecule has 0 fully saturated rings. The highest BCUT2D eigenvalue weighted by Crippen LogP contribution is 2.07. The molecular weight excluding hydrogens is 198 g/mol. The van der Waals surface area contributed by atoms with Gasteiger partial charge in [0.2, 0.25) is 5.88 Å². The van der Waals surface area contributed by atoms with Gasteiger partial charge in [0.05, 0.1) is 7.11 Å². The van der Waals surface area contributed by atoms with Crippen molar-refractivity contribution in [2.75, 3.05) is 13.7 Å². The fourth-order valence-electron chi connectivity index (χ4n) is 1.07. The molecule has 0 saturated carbocycles. The van der Waals surface area contributed by atoms with Crippen LogP contribution in [0.5, 0.6) is 5.88 Å². The number of methoxy groups -OCH3 is 1. The lowest BCUT2D eigenvalue weighted by molar-refractivity contribution is -0.143. The minimum absolute atomic E-state index is 0.149. The van der Waals surface area contributed by atoms with Crippen LogP contribution in [0, 0.1) is 0 Å². The molecular formula is C9H9N3O3. The van der Waals surface area contributed by atoms with Crippen LogP contribution >= 0.6 is 0 Å². The van der Waals surface area contributed by atoms with Gasteiger partial charge in [0.15, 0.2) is 12.3 Å². The summed E-state index contributed by atoms with van der Waals surface area (Å²) in [6.45, 7) is -0.149. The summed E-state index contributed by atoms with van der Waals surface area (Å²) in [4.78, 5) is 14.8. The molecule has 78 valence electrons. The predicted octanol–water partition coefficient (Wildman–Crippen LogP) is 0.281. The highest BCUT2D eigenvalue weighted by atomic mass is 16.6. The zero-order valence-electron chi connectivity index (χ0n) is 8.08. The molecule has 0 atom stereocenters. The standard InChI is InChI=1S/C9H9N3O3/c1-14-9(13)6-15-8-3-2-7-10-4-5-12(7)11-8/h2-5H,6H2,1H3. The topological polar surface area (TPSA) is 65.7 Å². The van der Waals surface area contributed by atoms with Crippen LogP contribution in [-0.2, 0) is 9.53 Å². The molecule has 2 heterocycles. The third kappa shape index (κ3) is 2.04. The van der Waals surface area contributed by atoms with Crippen molar-refractivity contribution in [2.45, 2.75) is 0 Å². The van der Waals surface area contributed by atoms with Crippen molar-refractivity contribution in [2.24, 2.45) is 0 Å². The number of hydrogen-bond donors (Lipinski definition) is 0. The van der Waals surface area contributed by atoms with Gasteiger partial charge in [-0.1, -0.05) is 0 Å². The maximum absolute atomic E-state index is 10.8. The molecule has 15 heavy (non-hydrogen) atoms. The molecule has 0 saturated heterocycles. The van der Waals surface area contributed by atoms with Crippen molar-refractivity contribution >= 4 is 11.6 Å². The molecule has 6 heteroatoms. The monoisotopic (exact) mass is 207 g/mol. The van der Waals surface area contributed by atoms with Crippen LogP contribution in [0.3, 0.4) is 0 Å². The fraction of sp³-hybridized carbons (Fsp3) is 0.222. The third-order valence-corrected chi connectivity index (χ3v) is 1.80. The summed E-state index contributed by atoms with van der Waals surface area (Å²) in [5, 5.41) is 4.07. The molecule has 0 N–H and O–H groups in total. The number of hydrogen-bond acceptors (Lipinski definition) is 5. The maximum Gasteiger partial charge on any atom is 0.343 e. The molecule has 0 aliphatic rings. The third-order valence-electron chi connectivity index (χ3n) is 1.80. The molecule has 0 spiro atoms. The normalized spacial score (nSPS) is 10.2. The van der Waals surface area contributed by atoms with E-state index in [1.54, 1.807) is 29.0 Å². The average Bonchev–Trinajstić information content (AvgIpc) is 2.72. The molecule has 2 aromatic rings. The molecule has 0 unspecified atom stereocenters. The second-order valence-electron chi connectivity index (χ2n) is 2.77. The molecule has 0 bridgehead atoms. The quantitative estimate of drug-likeness (QED) is 0.676. The van der Waals surface area contributed by atoms with Gasteiger partial charge in [0.1, 0.15) is 0 Å². The number of fused-ring (bicyclic) bond motifs is 1. The van der Waals surface area contributed by atoms with Gasteiger partial charge >= 0.3 is 5.97 Å². The highest BCUT2D eigenvalue weighted by molar-refractivity contribution is 5.70. The van der Waals surface area contributed by atoms with Crippen molar-refractivity contribution in [1.29, 1.82) is 0 Å². The number of rotatable bonds is 3. The molecule has 0 aliphatic heterocycles. The van der Waals surface area contributed by atoms with E-state index in [2.05, 4.69) is 14.8 Å². The van der Waals surface area contributed by atoms with Crippen LogP contribution in [0.25, 0.3) is 5.65 Å². The summed E-state index contributed by atoms with van der Waals surface area (Å²) in [5.41, 5.74) is 0.723. The fourth-order valence-corrected chi connectivity index (χ4v) is 1.07. The summed E-state index contributed by atoms with van der Waals surface area (Å²) < 4.78 is 11.1. The Kier molecular flexibility index (Phi) is 2.49. The summed E-state index contributed by atoms with van der Waals surface area (Å²) in [5.74, 6) is -0.0894. The Bertz CT molecular complexity index is 480. The van der Waals surface area contributed by atoms with Crippen molar-refractivity contribution in [3.63, 3.8) is 0 Å². The average molecular weight is 207 g/mol. The van der Waals surface area contributed by atoms with Gasteiger partial charge in [-0.2, -0.15) is 0 Å². The minimum atomic E-state index is -0.442. The van der Waals surface area contributed by atoms with E-state index in [1.807, 2.05) is 0 Å². The summed E-state index contributed by atoms with van der Waals surface area (Å²) in [7, 11) is 1.30. The Hall–Kier alpha value is -2.11. The number of aromatic nitrogens is 3. The van der Waals surface area contributed by atoms with Gasteiger partial charge in [0, 0.05) is 18.5 Å². The second kappa shape index (κ2) is 3.95. The van der Waals surface area contributed by atoms with Gasteiger partial charge < -0.3 is 9.47 Å². The Morgan fingerprint density at radius 3 is 3.20 bits per heavy atom. The van der Waals surface area contributed by atoms with E-state index in [0.717, 1.165) is 5.65 Å². The summed E-state index contributed by atoms with van der Waals surface area (Å²) in [6.07, 6.45) is 3.33. The number of nitrogens with zero attached hydrogens (tertiary/aromatic N) is 3. The van der Waals surface area contributed by atoms with E-state index in [1.165, 1.54) is 7.11 Å². The molecule has 0 radical (unpaired) electrons. The molecule has 2 rings (SSSR count). The van der Waals surface area contributed by atoms with Crippen molar-refractivity contribution in [1.82, 2.24) is 14.6 Å². The smallest absolute Gasteiger partial charge is 0.343 e. The first-order chi connectivity index (χ1) is 7.29. The van der Waals surface area contributed by atoms with Gasteiger partial charge in [-0.15, -0.1) is 5.10 Å². The number of esters is 1. The van der Waals surface area contributed by atoms with Crippen molar-refractivity contribution < 1.29 is 14.3 Å². The van der Waals surface area contributed by atoms with Gasteiger partial charge in [-0.05, 0) is 6.07 Å². The van der Waals surface area contributed by atoms with E-state index < -0.39 is 5.97 Å². The minimum Gasteiger partial charge on any atom is -0.466 e. The van der Waals surface area contributed by atoms with Crippen molar-refractivity contribution in [3.8, 4) is 5.88 Å². The Balaban J connectivity index is 2.11. The number of carbonyl (C=O) groups excluding carboxylic acids is 1. The van der Waals surface area contributed by atoms with Gasteiger partial charge in [0.25, 0.3) is 0 Å². The van der Waals surface area contributed by atoms with Crippen LogP contribution < -0.4 is 4.74 Å². The van der Waals surface area contributed by atoms with E-state index in [-0.39, 0.29) is 6.61 Å². The van der Waals surface area contributed by atoms with Gasteiger partial charge in [-0.25, -0.2) is 14.3 Å². The lowest BCUT2D eigenvalue weighted by Crippen LogP contribution is -2.13. The Morgan fingerprint density at radius 1 is 1.53 bits per heavy atom. The SMILES string of the molecule is COC(=O)COc1ccc2nccn2n1. The second-order valence-corrected chi connectivity index (χ2v) is 2.77. The summed E-state index contributed by atoms with van der Waals surface area (Å²) in [6, 6.07) is 3.39. The number of carbonyl (C=O) groups is 1. The first kappa shape index (κ1) is 9.45. The zero-order chi connectivity index (χ0) is 10.7. The molecule has 2 aromatic heterocycles. The van der Waals surface area contributed by atoms with Crippen LogP contribution in [0.2, 0.25) is 0 Å². The summed E-state index contributed by atoms with van der Waals surface area (Å²) >= 11 is 0. The van der Waals surface area contributed by atoms with E-state index in [0.29, 0.717) is 5.88 Å². The zero-order valence-corrected chi connectivity index (χ0v) is 8.08.